The van der Waals surface area contributed by atoms with Gasteiger partial charge in [0.05, 0.1) is 12.7 Å². The molecular weight excluding hydrogens is 244 g/mol. The van der Waals surface area contributed by atoms with Crippen LogP contribution < -0.4 is 5.73 Å². The number of likely N-dealkylation sites (N-methyl/N-ethyl adjacent to an activating group) is 1. The molecule has 1 aliphatic rings. The fraction of sp³-hybridized carbons (Fsp3) is 0.923. The van der Waals surface area contributed by atoms with Gasteiger partial charge in [-0.2, -0.15) is 0 Å². The van der Waals surface area contributed by atoms with Crippen LogP contribution in [-0.4, -0.2) is 72.3 Å². The van der Waals surface area contributed by atoms with E-state index in [1.165, 1.54) is 0 Å². The van der Waals surface area contributed by atoms with E-state index in [0.717, 1.165) is 39.3 Å². The summed E-state index contributed by atoms with van der Waals surface area (Å²) in [7, 11) is 0. The summed E-state index contributed by atoms with van der Waals surface area (Å²) >= 11 is 0. The van der Waals surface area contributed by atoms with Gasteiger partial charge in [0.15, 0.2) is 0 Å². The van der Waals surface area contributed by atoms with Gasteiger partial charge in [-0.25, -0.2) is 0 Å². The maximum atomic E-state index is 8.55. The van der Waals surface area contributed by atoms with Gasteiger partial charge in [0.1, 0.15) is 5.84 Å². The molecule has 0 amide bonds. The van der Waals surface area contributed by atoms with Crippen molar-refractivity contribution in [3.63, 3.8) is 0 Å². The van der Waals surface area contributed by atoms with Gasteiger partial charge < -0.3 is 20.6 Å². The zero-order chi connectivity index (χ0) is 14.3. The molecule has 1 aliphatic heterocycles. The Morgan fingerprint density at radius 1 is 1.58 bits per heavy atom. The number of ether oxygens (including phenoxy) is 1. The van der Waals surface area contributed by atoms with Crippen molar-refractivity contribution in [1.29, 1.82) is 0 Å². The molecule has 0 aromatic heterocycles. The molecule has 19 heavy (non-hydrogen) atoms. The molecule has 3 N–H and O–H groups in total. The highest BCUT2D eigenvalue weighted by Crippen LogP contribution is 2.10. The third-order valence-electron chi connectivity index (χ3n) is 3.62. The molecular formula is C13H28N4O2. The summed E-state index contributed by atoms with van der Waals surface area (Å²) < 4.78 is 5.83. The lowest BCUT2D eigenvalue weighted by atomic mass is 10.2. The number of oxime groups is 1. The van der Waals surface area contributed by atoms with Crippen LogP contribution in [0, 0.1) is 0 Å². The molecule has 0 saturated carbocycles. The van der Waals surface area contributed by atoms with Gasteiger partial charge in [0, 0.05) is 38.6 Å². The molecule has 1 fully saturated rings. The predicted molar refractivity (Wildman–Crippen MR) is 76.6 cm³/mol. The third-order valence-corrected chi connectivity index (χ3v) is 3.62. The van der Waals surface area contributed by atoms with E-state index in [0.29, 0.717) is 12.5 Å². The first-order valence-electron chi connectivity index (χ1n) is 7.11. The average Bonchev–Trinajstić information content (AvgIpc) is 2.43. The second-order valence-electron chi connectivity index (χ2n) is 5.32. The van der Waals surface area contributed by atoms with E-state index < -0.39 is 0 Å². The monoisotopic (exact) mass is 272 g/mol. The lowest BCUT2D eigenvalue weighted by Gasteiger charge is -2.37. The van der Waals surface area contributed by atoms with Crippen molar-refractivity contribution < 1.29 is 9.94 Å². The average molecular weight is 272 g/mol. The first kappa shape index (κ1) is 16.2. The maximum Gasteiger partial charge on any atom is 0.140 e. The topological polar surface area (TPSA) is 74.3 Å². The van der Waals surface area contributed by atoms with Crippen LogP contribution in [0.15, 0.2) is 5.16 Å². The van der Waals surface area contributed by atoms with Gasteiger partial charge >= 0.3 is 0 Å². The van der Waals surface area contributed by atoms with E-state index in [9.17, 15) is 0 Å². The minimum atomic E-state index is 0.253. The third kappa shape index (κ3) is 5.76. The van der Waals surface area contributed by atoms with Crippen molar-refractivity contribution >= 4 is 5.84 Å². The van der Waals surface area contributed by atoms with Crippen molar-refractivity contribution in [1.82, 2.24) is 9.80 Å². The molecule has 0 spiro atoms. The second kappa shape index (κ2) is 8.35. The Bertz CT molecular complexity index is 284. The summed E-state index contributed by atoms with van der Waals surface area (Å²) in [5, 5.41) is 11.6. The van der Waals surface area contributed by atoms with Gasteiger partial charge in [-0.05, 0) is 20.4 Å². The summed E-state index contributed by atoms with van der Waals surface area (Å²) in [6.45, 7) is 12.0. The number of hydrogen-bond acceptors (Lipinski definition) is 5. The zero-order valence-corrected chi connectivity index (χ0v) is 12.4. The summed E-state index contributed by atoms with van der Waals surface area (Å²) in [6, 6.07) is 0.568. The van der Waals surface area contributed by atoms with E-state index in [4.69, 9.17) is 15.7 Å². The summed E-state index contributed by atoms with van der Waals surface area (Å²) in [5.41, 5.74) is 5.50. The lowest BCUT2D eigenvalue weighted by molar-refractivity contribution is -0.0513. The highest BCUT2D eigenvalue weighted by molar-refractivity contribution is 5.79. The molecule has 1 atom stereocenters. The first-order valence-corrected chi connectivity index (χ1v) is 7.11. The van der Waals surface area contributed by atoms with Crippen LogP contribution in [0.1, 0.15) is 27.2 Å². The Kier molecular flexibility index (Phi) is 7.12. The van der Waals surface area contributed by atoms with Crippen molar-refractivity contribution in [3.8, 4) is 0 Å². The molecule has 0 aromatic rings. The van der Waals surface area contributed by atoms with Crippen molar-refractivity contribution in [2.75, 3.05) is 39.3 Å². The van der Waals surface area contributed by atoms with Crippen molar-refractivity contribution in [3.05, 3.63) is 0 Å². The van der Waals surface area contributed by atoms with E-state index in [-0.39, 0.29) is 11.9 Å². The van der Waals surface area contributed by atoms with Gasteiger partial charge in [-0.3, -0.25) is 4.90 Å². The molecule has 0 aromatic carbocycles. The van der Waals surface area contributed by atoms with E-state index >= 15 is 0 Å². The molecule has 1 saturated heterocycles. The Labute approximate surface area is 116 Å². The number of amidine groups is 1. The normalized spacial score (nSPS) is 22.4. The largest absolute Gasteiger partial charge is 0.409 e. The van der Waals surface area contributed by atoms with Crippen LogP contribution in [-0.2, 0) is 4.74 Å². The fourth-order valence-corrected chi connectivity index (χ4v) is 2.31. The molecule has 6 heteroatoms. The number of nitrogens with zero attached hydrogens (tertiary/aromatic N) is 3. The molecule has 6 nitrogen and oxygen atoms in total. The smallest absolute Gasteiger partial charge is 0.140 e. The van der Waals surface area contributed by atoms with Crippen molar-refractivity contribution in [2.24, 2.45) is 10.9 Å². The summed E-state index contributed by atoms with van der Waals surface area (Å²) in [5.74, 6) is 0.284. The van der Waals surface area contributed by atoms with Crippen LogP contribution in [0.2, 0.25) is 0 Å². The molecule has 1 unspecified atom stereocenters. The molecule has 1 heterocycles. The molecule has 0 radical (unpaired) electrons. The first-order chi connectivity index (χ1) is 9.06. The highest BCUT2D eigenvalue weighted by Gasteiger charge is 2.23. The number of morpholine rings is 1. The van der Waals surface area contributed by atoms with E-state index in [2.05, 4.69) is 35.7 Å². The number of rotatable bonds is 7. The summed E-state index contributed by atoms with van der Waals surface area (Å²) in [4.78, 5) is 4.73. The molecule has 0 aliphatic carbocycles. The van der Waals surface area contributed by atoms with E-state index in [1.807, 2.05) is 0 Å². The Balaban J connectivity index is 2.38. The highest BCUT2D eigenvalue weighted by atomic mass is 16.5. The molecule has 1 rings (SSSR count). The van der Waals surface area contributed by atoms with Crippen LogP contribution in [0.4, 0.5) is 0 Å². The van der Waals surface area contributed by atoms with Crippen LogP contribution in [0.25, 0.3) is 0 Å². The quantitative estimate of drug-likeness (QED) is 0.306. The number of hydrogen-bond donors (Lipinski definition) is 2. The summed E-state index contributed by atoms with van der Waals surface area (Å²) in [6.07, 6.45) is 0.841. The fourth-order valence-electron chi connectivity index (χ4n) is 2.31. The second-order valence-corrected chi connectivity index (χ2v) is 5.32. The lowest BCUT2D eigenvalue weighted by Crippen LogP contribution is -2.50. The maximum absolute atomic E-state index is 8.55. The van der Waals surface area contributed by atoms with Crippen molar-refractivity contribution in [2.45, 2.75) is 39.3 Å². The van der Waals surface area contributed by atoms with Gasteiger partial charge in [-0.15, -0.1) is 0 Å². The minimum absolute atomic E-state index is 0.253. The van der Waals surface area contributed by atoms with Crippen LogP contribution in [0.5, 0.6) is 0 Å². The Morgan fingerprint density at radius 3 is 2.89 bits per heavy atom. The minimum Gasteiger partial charge on any atom is -0.409 e. The van der Waals surface area contributed by atoms with Crippen LogP contribution >= 0.6 is 0 Å². The van der Waals surface area contributed by atoms with Crippen LogP contribution in [0.3, 0.4) is 0 Å². The Morgan fingerprint density at radius 2 is 2.32 bits per heavy atom. The van der Waals surface area contributed by atoms with Gasteiger partial charge in [-0.1, -0.05) is 12.1 Å². The predicted octanol–water partition coefficient (Wildman–Crippen LogP) is 0.554. The molecule has 0 bridgehead atoms. The van der Waals surface area contributed by atoms with Gasteiger partial charge in [0.2, 0.25) is 0 Å². The number of nitrogens with two attached hydrogens (primary N) is 1. The SMILES string of the molecule is CCN(CCC(N)=NO)CC1CN(C(C)C)CCO1. The standard InChI is InChI=1S/C13H28N4O2/c1-4-16(6-5-13(14)15-18)9-12-10-17(11(2)3)7-8-19-12/h11-12,18H,4-10H2,1-3H3,(H2,14,15). The zero-order valence-electron chi connectivity index (χ0n) is 12.4. The van der Waals surface area contributed by atoms with Gasteiger partial charge in [0.25, 0.3) is 0 Å². The molecule has 112 valence electrons. The Hall–Kier alpha value is -0.850. The van der Waals surface area contributed by atoms with E-state index in [1.54, 1.807) is 0 Å².